The number of rotatable bonds is 9. The molecular formula is C16H29N3O2. The first-order valence-electron chi connectivity index (χ1n) is 7.77. The summed E-state index contributed by atoms with van der Waals surface area (Å²) in [5.41, 5.74) is 0.681. The van der Waals surface area contributed by atoms with E-state index in [2.05, 4.69) is 23.6 Å². The fourth-order valence-corrected chi connectivity index (χ4v) is 2.39. The van der Waals surface area contributed by atoms with E-state index in [0.29, 0.717) is 0 Å². The quantitative estimate of drug-likeness (QED) is 0.754. The molecule has 1 aromatic rings. The Hall–Kier alpha value is -1.33. The van der Waals surface area contributed by atoms with Crippen molar-refractivity contribution < 1.29 is 5.11 Å². The maximum atomic E-state index is 11.7. The van der Waals surface area contributed by atoms with Crippen LogP contribution in [-0.4, -0.2) is 53.2 Å². The fourth-order valence-electron chi connectivity index (χ4n) is 2.39. The molecule has 0 aromatic carbocycles. The first kappa shape index (κ1) is 17.7. The lowest BCUT2D eigenvalue weighted by molar-refractivity contribution is 0.256. The Balaban J connectivity index is 2.96. The lowest BCUT2D eigenvalue weighted by Gasteiger charge is -2.24. The topological polar surface area (TPSA) is 48.7 Å². The van der Waals surface area contributed by atoms with Crippen molar-refractivity contribution in [3.63, 3.8) is 0 Å². The molecule has 0 saturated heterocycles. The largest absolute Gasteiger partial charge is 0.503 e. The van der Waals surface area contributed by atoms with Crippen LogP contribution in [0.5, 0.6) is 5.75 Å². The Morgan fingerprint density at radius 1 is 1.14 bits per heavy atom. The van der Waals surface area contributed by atoms with Crippen molar-refractivity contribution in [3.8, 4) is 5.75 Å². The molecule has 0 fully saturated rings. The van der Waals surface area contributed by atoms with E-state index in [9.17, 15) is 9.90 Å². The van der Waals surface area contributed by atoms with Gasteiger partial charge in [0.25, 0.3) is 0 Å². The number of likely N-dealkylation sites (N-methyl/N-ethyl adjacent to an activating group) is 1. The van der Waals surface area contributed by atoms with E-state index < -0.39 is 0 Å². The second-order valence-corrected chi connectivity index (χ2v) is 5.79. The standard InChI is InChI=1S/C16H29N3O2/c1-5-7-18(8-6-2)12-14-11-15(20)16(21)13-19(14)10-9-17(3)4/h11,13,21H,5-10,12H2,1-4H3. The first-order chi connectivity index (χ1) is 9.97. The predicted molar refractivity (Wildman–Crippen MR) is 86.8 cm³/mol. The number of aromatic nitrogens is 1. The molecule has 0 aliphatic carbocycles. The highest BCUT2D eigenvalue weighted by atomic mass is 16.3. The third-order valence-electron chi connectivity index (χ3n) is 3.45. The van der Waals surface area contributed by atoms with Gasteiger partial charge in [-0.3, -0.25) is 9.69 Å². The van der Waals surface area contributed by atoms with Crippen molar-refractivity contribution in [1.82, 2.24) is 14.4 Å². The van der Waals surface area contributed by atoms with Gasteiger partial charge in [-0.05, 0) is 40.0 Å². The number of pyridine rings is 1. The molecule has 1 heterocycles. The SMILES string of the molecule is CCCN(CCC)Cc1cc(=O)c(O)cn1CCN(C)C. The van der Waals surface area contributed by atoms with Crippen molar-refractivity contribution in [2.75, 3.05) is 33.7 Å². The molecule has 0 radical (unpaired) electrons. The van der Waals surface area contributed by atoms with Crippen LogP contribution in [0.1, 0.15) is 32.4 Å². The van der Waals surface area contributed by atoms with E-state index >= 15 is 0 Å². The van der Waals surface area contributed by atoms with Crippen LogP contribution in [0.25, 0.3) is 0 Å². The summed E-state index contributed by atoms with van der Waals surface area (Å²) in [6.45, 7) is 8.77. The van der Waals surface area contributed by atoms with Crippen molar-refractivity contribution in [1.29, 1.82) is 0 Å². The maximum absolute atomic E-state index is 11.7. The molecule has 1 N–H and O–H groups in total. The summed E-state index contributed by atoms with van der Waals surface area (Å²) in [5, 5.41) is 9.67. The third-order valence-corrected chi connectivity index (χ3v) is 3.45. The summed E-state index contributed by atoms with van der Waals surface area (Å²) in [4.78, 5) is 16.2. The monoisotopic (exact) mass is 295 g/mol. The highest BCUT2D eigenvalue weighted by Crippen LogP contribution is 2.09. The van der Waals surface area contributed by atoms with Gasteiger partial charge in [0.1, 0.15) is 0 Å². The van der Waals surface area contributed by atoms with Crippen molar-refractivity contribution in [2.45, 2.75) is 39.8 Å². The van der Waals surface area contributed by atoms with Crippen molar-refractivity contribution in [2.24, 2.45) is 0 Å². The van der Waals surface area contributed by atoms with E-state index in [1.165, 1.54) is 0 Å². The fraction of sp³-hybridized carbons (Fsp3) is 0.688. The molecule has 0 bridgehead atoms. The van der Waals surface area contributed by atoms with Gasteiger partial charge >= 0.3 is 0 Å². The van der Waals surface area contributed by atoms with E-state index in [-0.39, 0.29) is 11.2 Å². The number of hydrogen-bond acceptors (Lipinski definition) is 4. The molecular weight excluding hydrogens is 266 g/mol. The zero-order chi connectivity index (χ0) is 15.8. The Labute approximate surface area is 127 Å². The Morgan fingerprint density at radius 3 is 2.29 bits per heavy atom. The highest BCUT2D eigenvalue weighted by Gasteiger charge is 2.10. The molecule has 120 valence electrons. The van der Waals surface area contributed by atoms with Crippen molar-refractivity contribution in [3.05, 3.63) is 28.2 Å². The molecule has 0 amide bonds. The summed E-state index contributed by atoms with van der Waals surface area (Å²) >= 11 is 0. The van der Waals surface area contributed by atoms with Crippen LogP contribution in [0.2, 0.25) is 0 Å². The van der Waals surface area contributed by atoms with Gasteiger partial charge in [-0.25, -0.2) is 0 Å². The smallest absolute Gasteiger partial charge is 0.223 e. The van der Waals surface area contributed by atoms with Gasteiger partial charge in [-0.1, -0.05) is 13.8 Å². The van der Waals surface area contributed by atoms with Crippen molar-refractivity contribution >= 4 is 0 Å². The van der Waals surface area contributed by atoms with Crippen LogP contribution < -0.4 is 5.43 Å². The van der Waals surface area contributed by atoms with Gasteiger partial charge in [0, 0.05) is 31.4 Å². The van der Waals surface area contributed by atoms with Gasteiger partial charge in [0.2, 0.25) is 5.43 Å². The minimum absolute atomic E-state index is 0.171. The molecule has 0 unspecified atom stereocenters. The second-order valence-electron chi connectivity index (χ2n) is 5.79. The van der Waals surface area contributed by atoms with Gasteiger partial charge in [0.15, 0.2) is 5.75 Å². The minimum atomic E-state index is -0.293. The van der Waals surface area contributed by atoms with Crippen LogP contribution >= 0.6 is 0 Å². The lowest BCUT2D eigenvalue weighted by atomic mass is 10.2. The van der Waals surface area contributed by atoms with E-state index in [1.807, 2.05) is 18.7 Å². The highest BCUT2D eigenvalue weighted by molar-refractivity contribution is 5.20. The molecule has 0 atom stereocenters. The summed E-state index contributed by atoms with van der Waals surface area (Å²) in [6, 6.07) is 1.57. The molecule has 21 heavy (non-hydrogen) atoms. The zero-order valence-corrected chi connectivity index (χ0v) is 13.8. The molecule has 0 aliphatic heterocycles. The van der Waals surface area contributed by atoms with Gasteiger partial charge in [-0.15, -0.1) is 0 Å². The molecule has 1 aromatic heterocycles. The summed E-state index contributed by atoms with van der Waals surface area (Å²) < 4.78 is 2.00. The summed E-state index contributed by atoms with van der Waals surface area (Å²) in [6.07, 6.45) is 3.76. The van der Waals surface area contributed by atoms with Crippen LogP contribution in [0, 0.1) is 0 Å². The average Bonchev–Trinajstić information content (AvgIpc) is 2.41. The summed E-state index contributed by atoms with van der Waals surface area (Å²) in [7, 11) is 4.03. The Morgan fingerprint density at radius 2 is 1.76 bits per heavy atom. The number of nitrogens with zero attached hydrogens (tertiary/aromatic N) is 3. The van der Waals surface area contributed by atoms with Crippen LogP contribution in [0.15, 0.2) is 17.1 Å². The minimum Gasteiger partial charge on any atom is -0.503 e. The molecule has 0 saturated carbocycles. The van der Waals surface area contributed by atoms with Crippen LogP contribution in [0.4, 0.5) is 0 Å². The molecule has 5 heteroatoms. The lowest BCUT2D eigenvalue weighted by Crippen LogP contribution is -2.29. The van der Waals surface area contributed by atoms with E-state index in [0.717, 1.165) is 51.3 Å². The molecule has 0 spiro atoms. The van der Waals surface area contributed by atoms with Gasteiger partial charge in [-0.2, -0.15) is 0 Å². The normalized spacial score (nSPS) is 11.5. The third kappa shape index (κ3) is 5.89. The van der Waals surface area contributed by atoms with Crippen LogP contribution in [0.3, 0.4) is 0 Å². The average molecular weight is 295 g/mol. The predicted octanol–water partition coefficient (Wildman–Crippen LogP) is 1.74. The first-order valence-corrected chi connectivity index (χ1v) is 7.77. The number of hydrogen-bond donors (Lipinski definition) is 1. The molecule has 5 nitrogen and oxygen atoms in total. The van der Waals surface area contributed by atoms with E-state index in [1.54, 1.807) is 12.3 Å². The summed E-state index contributed by atoms with van der Waals surface area (Å²) in [5.74, 6) is -0.171. The number of aromatic hydroxyl groups is 1. The molecule has 0 aliphatic rings. The molecule has 1 rings (SSSR count). The van der Waals surface area contributed by atoms with E-state index in [4.69, 9.17) is 0 Å². The zero-order valence-electron chi connectivity index (χ0n) is 13.8. The Bertz CT molecular complexity index is 477. The second kappa shape index (κ2) is 8.85. The Kier molecular flexibility index (Phi) is 7.47. The van der Waals surface area contributed by atoms with Gasteiger partial charge in [0.05, 0.1) is 6.20 Å². The van der Waals surface area contributed by atoms with Gasteiger partial charge < -0.3 is 14.6 Å². The van der Waals surface area contributed by atoms with Crippen LogP contribution in [-0.2, 0) is 13.1 Å². The maximum Gasteiger partial charge on any atom is 0.223 e.